The molecule has 4 aliphatic rings. The Kier molecular flexibility index (Phi) is 4.83. The van der Waals surface area contributed by atoms with E-state index in [4.69, 9.17) is 0 Å². The summed E-state index contributed by atoms with van der Waals surface area (Å²) in [4.78, 5) is 13.1. The molecule has 1 saturated heterocycles. The lowest BCUT2D eigenvalue weighted by molar-refractivity contribution is -0.128. The first-order chi connectivity index (χ1) is 16.2. The molecule has 0 amide bonds. The molecule has 5 heteroatoms. The molecule has 2 unspecified atom stereocenters. The number of ketones is 1. The summed E-state index contributed by atoms with van der Waals surface area (Å²) in [6.07, 6.45) is 7.46. The third-order valence-corrected chi connectivity index (χ3v) is 11.9. The van der Waals surface area contributed by atoms with E-state index < -0.39 is 15.4 Å². The van der Waals surface area contributed by atoms with Crippen LogP contribution < -0.4 is 0 Å². The van der Waals surface area contributed by atoms with Crippen LogP contribution in [0.25, 0.3) is 6.08 Å². The van der Waals surface area contributed by atoms with E-state index in [2.05, 4.69) is 62.4 Å². The van der Waals surface area contributed by atoms with E-state index in [1.807, 2.05) is 18.2 Å². The van der Waals surface area contributed by atoms with Gasteiger partial charge in [0, 0.05) is 36.3 Å². The summed E-state index contributed by atoms with van der Waals surface area (Å²) in [5, 5.41) is 0. The fourth-order valence-electron chi connectivity index (χ4n) is 7.71. The number of fused-ring (bicyclic) bond motifs is 4. The predicted molar refractivity (Wildman–Crippen MR) is 135 cm³/mol. The van der Waals surface area contributed by atoms with Crippen molar-refractivity contribution in [2.45, 2.75) is 50.9 Å². The number of hydrogen-bond acceptors (Lipinski definition) is 3. The smallest absolute Gasteiger partial charge is 0.215 e. The van der Waals surface area contributed by atoms with Crippen LogP contribution in [0.15, 0.2) is 60.7 Å². The topological polar surface area (TPSA) is 54.5 Å². The second-order valence-corrected chi connectivity index (χ2v) is 13.4. The number of rotatable bonds is 4. The van der Waals surface area contributed by atoms with Crippen LogP contribution in [0.5, 0.6) is 0 Å². The van der Waals surface area contributed by atoms with Crippen molar-refractivity contribution in [1.82, 2.24) is 4.31 Å². The van der Waals surface area contributed by atoms with Crippen molar-refractivity contribution in [3.8, 4) is 0 Å². The summed E-state index contributed by atoms with van der Waals surface area (Å²) >= 11 is 0. The Bertz CT molecular complexity index is 1280. The molecular weight excluding hydrogens is 442 g/mol. The molecular formula is C29H33NO3S. The SMILES string of the molecule is CC1(C)[C@@H]2CC[C@@]1(CS(=O)(=O)N1CCC3(C=Cc4ccccc43)C(c3ccccc3)C1)C(=O)C2. The van der Waals surface area contributed by atoms with E-state index >= 15 is 0 Å². The van der Waals surface area contributed by atoms with Gasteiger partial charge in [-0.15, -0.1) is 0 Å². The number of nitrogens with zero attached hydrogens (tertiary/aromatic N) is 1. The molecule has 178 valence electrons. The van der Waals surface area contributed by atoms with E-state index in [-0.39, 0.29) is 28.3 Å². The van der Waals surface area contributed by atoms with Crippen LogP contribution in [0, 0.1) is 16.7 Å². The van der Waals surface area contributed by atoms with Crippen LogP contribution in [0.4, 0.5) is 0 Å². The highest BCUT2D eigenvalue weighted by molar-refractivity contribution is 7.89. The van der Waals surface area contributed by atoms with Gasteiger partial charge in [0.1, 0.15) is 5.78 Å². The van der Waals surface area contributed by atoms with Gasteiger partial charge in [-0.2, -0.15) is 0 Å². The molecule has 1 aliphatic heterocycles. The van der Waals surface area contributed by atoms with Gasteiger partial charge in [0.05, 0.1) is 5.75 Å². The average Bonchev–Trinajstić information content (AvgIpc) is 3.37. The molecule has 2 bridgehead atoms. The molecule has 1 heterocycles. The van der Waals surface area contributed by atoms with Crippen molar-refractivity contribution in [2.24, 2.45) is 16.7 Å². The summed E-state index contributed by atoms with van der Waals surface area (Å²) in [7, 11) is -3.59. The highest BCUT2D eigenvalue weighted by Gasteiger charge is 2.66. The molecule has 2 aromatic rings. The van der Waals surface area contributed by atoms with Gasteiger partial charge in [-0.3, -0.25) is 4.79 Å². The Morgan fingerprint density at radius 1 is 1.00 bits per heavy atom. The highest BCUT2D eigenvalue weighted by Crippen LogP contribution is 2.64. The normalized spacial score (nSPS) is 34.1. The maximum absolute atomic E-state index is 13.9. The zero-order chi connectivity index (χ0) is 23.8. The largest absolute Gasteiger partial charge is 0.299 e. The van der Waals surface area contributed by atoms with Gasteiger partial charge in [-0.25, -0.2) is 12.7 Å². The first kappa shape index (κ1) is 22.2. The lowest BCUT2D eigenvalue weighted by Gasteiger charge is -2.46. The van der Waals surface area contributed by atoms with Crippen molar-refractivity contribution >= 4 is 21.9 Å². The Labute approximate surface area is 203 Å². The molecule has 3 aliphatic carbocycles. The van der Waals surface area contributed by atoms with Gasteiger partial charge in [-0.05, 0) is 47.3 Å². The molecule has 0 N–H and O–H groups in total. The van der Waals surface area contributed by atoms with Crippen LogP contribution in [-0.2, 0) is 20.2 Å². The molecule has 0 aromatic heterocycles. The van der Waals surface area contributed by atoms with Crippen molar-refractivity contribution < 1.29 is 13.2 Å². The van der Waals surface area contributed by atoms with E-state index in [1.54, 1.807) is 4.31 Å². The molecule has 2 saturated carbocycles. The van der Waals surface area contributed by atoms with Crippen LogP contribution in [0.1, 0.15) is 62.1 Å². The number of piperidine rings is 1. The number of carbonyl (C=O) groups excluding carboxylic acids is 1. The second kappa shape index (κ2) is 7.38. The Morgan fingerprint density at radius 3 is 2.44 bits per heavy atom. The fraction of sp³-hybridized carbons (Fsp3) is 0.483. The van der Waals surface area contributed by atoms with Crippen molar-refractivity contribution in [3.05, 3.63) is 77.4 Å². The van der Waals surface area contributed by atoms with Gasteiger partial charge in [0.25, 0.3) is 0 Å². The summed E-state index contributed by atoms with van der Waals surface area (Å²) in [5.41, 5.74) is 2.51. The maximum Gasteiger partial charge on any atom is 0.215 e. The molecule has 4 nitrogen and oxygen atoms in total. The zero-order valence-corrected chi connectivity index (χ0v) is 20.9. The van der Waals surface area contributed by atoms with Crippen LogP contribution in [0.3, 0.4) is 0 Å². The molecule has 34 heavy (non-hydrogen) atoms. The Balaban J connectivity index is 1.36. The average molecular weight is 476 g/mol. The Hall–Kier alpha value is -2.24. The van der Waals surface area contributed by atoms with Crippen molar-refractivity contribution in [2.75, 3.05) is 18.8 Å². The van der Waals surface area contributed by atoms with Gasteiger partial charge < -0.3 is 0 Å². The predicted octanol–water partition coefficient (Wildman–Crippen LogP) is 5.17. The van der Waals surface area contributed by atoms with Crippen LogP contribution >= 0.6 is 0 Å². The lowest BCUT2D eigenvalue weighted by atomic mass is 9.65. The van der Waals surface area contributed by atoms with Crippen molar-refractivity contribution in [1.29, 1.82) is 0 Å². The van der Waals surface area contributed by atoms with E-state index in [0.29, 0.717) is 31.8 Å². The second-order valence-electron chi connectivity index (χ2n) is 11.5. The molecule has 0 radical (unpaired) electrons. The minimum Gasteiger partial charge on any atom is -0.299 e. The number of benzene rings is 2. The summed E-state index contributed by atoms with van der Waals surface area (Å²) in [5.74, 6) is 0.469. The molecule has 4 atom stereocenters. The third kappa shape index (κ3) is 2.92. The maximum atomic E-state index is 13.9. The minimum atomic E-state index is -3.59. The van der Waals surface area contributed by atoms with Gasteiger partial charge in [0.2, 0.25) is 10.0 Å². The molecule has 2 aromatic carbocycles. The Morgan fingerprint density at radius 2 is 1.74 bits per heavy atom. The summed E-state index contributed by atoms with van der Waals surface area (Å²) in [6.45, 7) is 5.16. The van der Waals surface area contributed by atoms with Crippen LogP contribution in [0.2, 0.25) is 0 Å². The summed E-state index contributed by atoms with van der Waals surface area (Å²) in [6, 6.07) is 18.8. The number of hydrogen-bond donors (Lipinski definition) is 0. The lowest BCUT2D eigenvalue weighted by Crippen LogP contribution is -2.52. The number of sulfonamides is 1. The quantitative estimate of drug-likeness (QED) is 0.613. The zero-order valence-electron chi connectivity index (χ0n) is 20.0. The molecule has 3 fully saturated rings. The monoisotopic (exact) mass is 475 g/mol. The van der Waals surface area contributed by atoms with E-state index in [0.717, 1.165) is 12.8 Å². The number of allylic oxidation sites excluding steroid dienone is 1. The van der Waals surface area contributed by atoms with Gasteiger partial charge in [0.15, 0.2) is 0 Å². The van der Waals surface area contributed by atoms with E-state index in [9.17, 15) is 13.2 Å². The highest BCUT2D eigenvalue weighted by atomic mass is 32.2. The van der Waals surface area contributed by atoms with Crippen molar-refractivity contribution in [3.63, 3.8) is 0 Å². The third-order valence-electron chi connectivity index (χ3n) is 9.97. The van der Waals surface area contributed by atoms with Gasteiger partial charge >= 0.3 is 0 Å². The van der Waals surface area contributed by atoms with Gasteiger partial charge in [-0.1, -0.05) is 80.6 Å². The van der Waals surface area contributed by atoms with E-state index in [1.165, 1.54) is 16.7 Å². The molecule has 1 spiro atoms. The fourth-order valence-corrected chi connectivity index (χ4v) is 9.94. The standard InChI is InChI=1S/C29H33NO3S/c1-27(2)23-13-15-29(27,26(31)18-23)20-34(32,33)30-17-16-28(14-12-22-10-6-7-11-24(22)28)25(19-30)21-8-4-3-5-9-21/h3-12,14,23,25H,13,15-20H2,1-2H3/t23-,25?,28?,29-/m1/s1. The molecule has 6 rings (SSSR count). The first-order valence-corrected chi connectivity index (χ1v) is 14.2. The minimum absolute atomic E-state index is 0.0261. The summed E-state index contributed by atoms with van der Waals surface area (Å²) < 4.78 is 29.6. The number of Topliss-reactive ketones (excluding diaryl/α,β-unsaturated/α-hetero) is 1. The first-order valence-electron chi connectivity index (χ1n) is 12.5. The number of carbonyl (C=O) groups is 1. The van der Waals surface area contributed by atoms with Crippen LogP contribution in [-0.4, -0.2) is 37.3 Å².